The van der Waals surface area contributed by atoms with Gasteiger partial charge in [0, 0.05) is 18.2 Å². The Morgan fingerprint density at radius 2 is 1.83 bits per heavy atom. The van der Waals surface area contributed by atoms with Gasteiger partial charge in [0.05, 0.1) is 27.9 Å². The van der Waals surface area contributed by atoms with Crippen LogP contribution in [0.5, 0.6) is 11.6 Å². The van der Waals surface area contributed by atoms with Crippen molar-refractivity contribution in [3.63, 3.8) is 0 Å². The van der Waals surface area contributed by atoms with Crippen molar-refractivity contribution in [3.05, 3.63) is 80.5 Å². The van der Waals surface area contributed by atoms with E-state index in [-0.39, 0.29) is 22.2 Å². The molecule has 0 unspecified atom stereocenters. The van der Waals surface area contributed by atoms with Gasteiger partial charge < -0.3 is 14.4 Å². The van der Waals surface area contributed by atoms with E-state index in [1.54, 1.807) is 35.8 Å². The van der Waals surface area contributed by atoms with Crippen molar-refractivity contribution < 1.29 is 14.6 Å². The lowest BCUT2D eigenvalue weighted by Crippen LogP contribution is -2.21. The second-order valence-electron chi connectivity index (χ2n) is 6.16. The molecule has 0 aliphatic carbocycles. The molecule has 3 aromatic rings. The summed E-state index contributed by atoms with van der Waals surface area (Å²) in [6.07, 6.45) is 0. The summed E-state index contributed by atoms with van der Waals surface area (Å²) in [5.41, 5.74) is 0.00124. The molecule has 0 radical (unpaired) electrons. The van der Waals surface area contributed by atoms with Crippen LogP contribution in [-0.4, -0.2) is 15.6 Å². The zero-order valence-corrected chi connectivity index (χ0v) is 16.5. The van der Waals surface area contributed by atoms with Crippen LogP contribution in [0.1, 0.15) is 28.4 Å². The van der Waals surface area contributed by atoms with Crippen molar-refractivity contribution in [2.75, 3.05) is 0 Å². The van der Waals surface area contributed by atoms with E-state index in [1.807, 2.05) is 12.1 Å². The predicted molar refractivity (Wildman–Crippen MR) is 110 cm³/mol. The van der Waals surface area contributed by atoms with E-state index in [1.165, 1.54) is 18.2 Å². The van der Waals surface area contributed by atoms with Crippen LogP contribution >= 0.6 is 11.6 Å². The minimum atomic E-state index is -1.39. The third-order valence-corrected chi connectivity index (χ3v) is 4.69. The van der Waals surface area contributed by atoms with Crippen LogP contribution in [0, 0.1) is 22.7 Å². The topological polar surface area (TPSA) is 116 Å². The first-order chi connectivity index (χ1) is 14.4. The van der Waals surface area contributed by atoms with Crippen LogP contribution in [0.2, 0.25) is 5.02 Å². The molecular formula is C22H14ClN3O4. The molecule has 7 nitrogen and oxygen atoms in total. The smallest absolute Gasteiger partial charge is 0.341 e. The number of pyridine rings is 1. The zero-order chi connectivity index (χ0) is 21.8. The fourth-order valence-electron chi connectivity index (χ4n) is 3.00. The average molecular weight is 420 g/mol. The van der Waals surface area contributed by atoms with Gasteiger partial charge in [0.2, 0.25) is 11.3 Å². The maximum absolute atomic E-state index is 12.6. The number of aromatic nitrogens is 1. The Labute approximate surface area is 176 Å². The Morgan fingerprint density at radius 1 is 1.13 bits per heavy atom. The lowest BCUT2D eigenvalue weighted by atomic mass is 10.0. The van der Waals surface area contributed by atoms with E-state index in [2.05, 4.69) is 0 Å². The fraction of sp³-hybridized carbons (Fsp3) is 0.0909. The Bertz CT molecular complexity index is 1280. The highest BCUT2D eigenvalue weighted by atomic mass is 35.5. The highest BCUT2D eigenvalue weighted by molar-refractivity contribution is 6.32. The van der Waals surface area contributed by atoms with E-state index >= 15 is 0 Å². The summed E-state index contributed by atoms with van der Waals surface area (Å²) in [6, 6.07) is 15.8. The number of hydrogen-bond donors (Lipinski definition) is 1. The number of rotatable bonds is 5. The van der Waals surface area contributed by atoms with Gasteiger partial charge in [-0.25, -0.2) is 4.79 Å². The fourth-order valence-corrected chi connectivity index (χ4v) is 3.22. The maximum atomic E-state index is 12.6. The molecule has 0 saturated heterocycles. The Hall–Kier alpha value is -4.07. The number of aromatic carboxylic acids is 1. The highest BCUT2D eigenvalue weighted by Gasteiger charge is 2.23. The third kappa shape index (κ3) is 3.88. The summed E-state index contributed by atoms with van der Waals surface area (Å²) in [4.78, 5) is 24.5. The third-order valence-electron chi connectivity index (χ3n) is 4.37. The summed E-state index contributed by atoms with van der Waals surface area (Å²) in [5.74, 6) is -0.877. The molecule has 0 amide bonds. The first-order valence-electron chi connectivity index (χ1n) is 8.78. The van der Waals surface area contributed by atoms with Crippen molar-refractivity contribution in [3.8, 4) is 35.0 Å². The normalized spacial score (nSPS) is 10.1. The molecule has 0 aliphatic heterocycles. The van der Waals surface area contributed by atoms with Gasteiger partial charge in [-0.05, 0) is 43.3 Å². The van der Waals surface area contributed by atoms with Gasteiger partial charge in [0.15, 0.2) is 0 Å². The Balaban J connectivity index is 2.25. The van der Waals surface area contributed by atoms with Crippen LogP contribution in [0.15, 0.2) is 53.3 Å². The molecule has 0 aliphatic rings. The summed E-state index contributed by atoms with van der Waals surface area (Å²) >= 11 is 6.13. The first kappa shape index (κ1) is 20.7. The van der Waals surface area contributed by atoms with Crippen molar-refractivity contribution in [2.24, 2.45) is 0 Å². The van der Waals surface area contributed by atoms with Gasteiger partial charge >= 0.3 is 5.97 Å². The maximum Gasteiger partial charge on any atom is 0.341 e. The Morgan fingerprint density at radius 3 is 2.37 bits per heavy atom. The summed E-state index contributed by atoms with van der Waals surface area (Å²) in [5, 5.41) is 27.8. The molecule has 8 heteroatoms. The highest BCUT2D eigenvalue weighted by Crippen LogP contribution is 2.31. The standard InChI is InChI=1S/C22H14ClN3O4/c1-2-26-19(30-16-7-3-13(11-24)4-8-16)10-18(27)20(22(28)29)21(26)14-5-6-15(12-25)17(23)9-14/h3-10H,2H2,1H3,(H,28,29). The molecule has 1 heterocycles. The van der Waals surface area contributed by atoms with Crippen LogP contribution in [0.4, 0.5) is 0 Å². The van der Waals surface area contributed by atoms with Gasteiger partial charge in [-0.1, -0.05) is 17.7 Å². The molecule has 1 aromatic heterocycles. The quantitative estimate of drug-likeness (QED) is 0.654. The van der Waals surface area contributed by atoms with Crippen molar-refractivity contribution in [2.45, 2.75) is 13.5 Å². The molecule has 2 aromatic carbocycles. The predicted octanol–water partition coefficient (Wildman–Crippen LogP) is 4.42. The first-order valence-corrected chi connectivity index (χ1v) is 9.16. The van der Waals surface area contributed by atoms with Crippen molar-refractivity contribution in [1.29, 1.82) is 10.5 Å². The van der Waals surface area contributed by atoms with Crippen LogP contribution < -0.4 is 10.2 Å². The van der Waals surface area contributed by atoms with Gasteiger partial charge in [-0.15, -0.1) is 0 Å². The average Bonchev–Trinajstić information content (AvgIpc) is 2.73. The van der Waals surface area contributed by atoms with E-state index < -0.39 is 17.0 Å². The number of nitriles is 2. The van der Waals surface area contributed by atoms with Crippen molar-refractivity contribution >= 4 is 17.6 Å². The molecule has 0 fully saturated rings. The minimum absolute atomic E-state index is 0.118. The molecule has 0 atom stereocenters. The molecule has 3 rings (SSSR count). The van der Waals surface area contributed by atoms with Crippen molar-refractivity contribution in [1.82, 2.24) is 4.57 Å². The number of benzene rings is 2. The lowest BCUT2D eigenvalue weighted by Gasteiger charge is -2.19. The molecule has 0 saturated carbocycles. The molecule has 30 heavy (non-hydrogen) atoms. The van der Waals surface area contributed by atoms with Crippen LogP contribution in [-0.2, 0) is 6.54 Å². The number of halogens is 1. The SMILES string of the molecule is CCn1c(Oc2ccc(C#N)cc2)cc(=O)c(C(=O)O)c1-c1ccc(C#N)c(Cl)c1. The molecule has 148 valence electrons. The van der Waals surface area contributed by atoms with Crippen LogP contribution in [0.3, 0.4) is 0 Å². The monoisotopic (exact) mass is 419 g/mol. The summed E-state index contributed by atoms with van der Waals surface area (Å²) in [7, 11) is 0. The number of carbonyl (C=O) groups is 1. The molecule has 0 bridgehead atoms. The number of carboxylic acid groups (broad SMARTS) is 1. The zero-order valence-electron chi connectivity index (χ0n) is 15.7. The van der Waals surface area contributed by atoms with Gasteiger partial charge in [0.1, 0.15) is 17.4 Å². The molecular weight excluding hydrogens is 406 g/mol. The molecule has 0 spiro atoms. The second kappa shape index (κ2) is 8.52. The van der Waals surface area contributed by atoms with E-state index in [4.69, 9.17) is 26.9 Å². The van der Waals surface area contributed by atoms with E-state index in [0.717, 1.165) is 6.07 Å². The van der Waals surface area contributed by atoms with E-state index in [0.29, 0.717) is 23.4 Å². The van der Waals surface area contributed by atoms with Gasteiger partial charge in [0.25, 0.3) is 0 Å². The number of hydrogen-bond acceptors (Lipinski definition) is 5. The van der Waals surface area contributed by atoms with Gasteiger partial charge in [-0.2, -0.15) is 10.5 Å². The number of ether oxygens (including phenoxy) is 1. The Kier molecular flexibility index (Phi) is 5.87. The molecule has 1 N–H and O–H groups in total. The second-order valence-corrected chi connectivity index (χ2v) is 6.57. The summed E-state index contributed by atoms with van der Waals surface area (Å²) in [6.45, 7) is 2.07. The lowest BCUT2D eigenvalue weighted by molar-refractivity contribution is 0.0695. The number of carboxylic acids is 1. The number of nitrogens with zero attached hydrogens (tertiary/aromatic N) is 3. The summed E-state index contributed by atoms with van der Waals surface area (Å²) < 4.78 is 7.37. The van der Waals surface area contributed by atoms with Crippen LogP contribution in [0.25, 0.3) is 11.3 Å². The van der Waals surface area contributed by atoms with E-state index in [9.17, 15) is 14.7 Å². The minimum Gasteiger partial charge on any atom is -0.477 e. The van der Waals surface area contributed by atoms with Gasteiger partial charge in [-0.3, -0.25) is 4.79 Å². The largest absolute Gasteiger partial charge is 0.477 e.